The number of anilines is 1. The molecular weight excluding hydrogens is 287 g/mol. The van der Waals surface area contributed by atoms with Crippen LogP contribution >= 0.6 is 0 Å². The topological polar surface area (TPSA) is 54.6 Å². The minimum atomic E-state index is -4.74. The van der Waals surface area contributed by atoms with Crippen LogP contribution in [-0.4, -0.2) is 18.4 Å². The van der Waals surface area contributed by atoms with E-state index < -0.39 is 12.3 Å². The van der Waals surface area contributed by atoms with Gasteiger partial charge in [-0.25, -0.2) is 0 Å². The molecule has 0 aliphatic heterocycles. The molecule has 0 spiro atoms. The second-order valence-corrected chi connectivity index (χ2v) is 4.33. The molecule has 7 heteroatoms. The second-order valence-electron chi connectivity index (χ2n) is 4.33. The van der Waals surface area contributed by atoms with Gasteiger partial charge in [0.25, 0.3) is 0 Å². The number of aliphatic hydroxyl groups excluding tert-OH is 1. The van der Waals surface area contributed by atoms with Gasteiger partial charge in [0, 0.05) is 17.3 Å². The van der Waals surface area contributed by atoms with E-state index in [4.69, 9.17) is 9.15 Å². The van der Waals surface area contributed by atoms with Gasteiger partial charge in [-0.05, 0) is 18.2 Å². The van der Waals surface area contributed by atoms with Crippen LogP contribution in [0.1, 0.15) is 17.4 Å². The van der Waals surface area contributed by atoms with Gasteiger partial charge >= 0.3 is 6.18 Å². The summed E-state index contributed by atoms with van der Waals surface area (Å²) in [7, 11) is 1.41. The van der Waals surface area contributed by atoms with Crippen LogP contribution in [0.25, 0.3) is 0 Å². The van der Waals surface area contributed by atoms with Gasteiger partial charge in [-0.15, -0.1) is 0 Å². The van der Waals surface area contributed by atoms with E-state index in [2.05, 4.69) is 5.32 Å². The molecule has 0 saturated carbocycles. The van der Waals surface area contributed by atoms with Gasteiger partial charge in [-0.2, -0.15) is 13.2 Å². The standard InChI is InChI=1S/C14H14F3NO3/c1-20-9-4-5-11(13(19)14(15,16)17)12(7-9)18-8-10-3-2-6-21-10/h2-7,13,18-19H,8H2,1H3. The largest absolute Gasteiger partial charge is 0.497 e. The lowest BCUT2D eigenvalue weighted by molar-refractivity contribution is -0.206. The summed E-state index contributed by atoms with van der Waals surface area (Å²) in [5.41, 5.74) is -0.134. The van der Waals surface area contributed by atoms with Crippen molar-refractivity contribution >= 4 is 5.69 Å². The molecule has 0 fully saturated rings. The van der Waals surface area contributed by atoms with Crippen molar-refractivity contribution in [2.75, 3.05) is 12.4 Å². The normalized spacial score (nSPS) is 13.0. The lowest BCUT2D eigenvalue weighted by atomic mass is 10.1. The Morgan fingerprint density at radius 2 is 2.10 bits per heavy atom. The zero-order valence-electron chi connectivity index (χ0n) is 11.1. The third kappa shape index (κ3) is 3.69. The number of hydrogen-bond donors (Lipinski definition) is 2. The third-order valence-corrected chi connectivity index (χ3v) is 2.90. The first kappa shape index (κ1) is 15.2. The Kier molecular flexibility index (Phi) is 4.42. The van der Waals surface area contributed by atoms with E-state index in [1.807, 2.05) is 0 Å². The summed E-state index contributed by atoms with van der Waals surface area (Å²) in [5, 5.41) is 12.2. The number of hydrogen-bond acceptors (Lipinski definition) is 4. The van der Waals surface area contributed by atoms with Crippen LogP contribution in [0.2, 0.25) is 0 Å². The maximum atomic E-state index is 12.7. The monoisotopic (exact) mass is 301 g/mol. The molecule has 4 nitrogen and oxygen atoms in total. The molecule has 1 aromatic carbocycles. The fourth-order valence-electron chi connectivity index (χ4n) is 1.83. The molecule has 1 unspecified atom stereocenters. The Morgan fingerprint density at radius 3 is 2.67 bits per heavy atom. The lowest BCUT2D eigenvalue weighted by Gasteiger charge is -2.19. The predicted octanol–water partition coefficient (Wildman–Crippen LogP) is 3.50. The van der Waals surface area contributed by atoms with E-state index in [0.717, 1.165) is 0 Å². The van der Waals surface area contributed by atoms with E-state index >= 15 is 0 Å². The molecule has 0 bridgehead atoms. The maximum Gasteiger partial charge on any atom is 0.418 e. The quantitative estimate of drug-likeness (QED) is 0.887. The van der Waals surface area contributed by atoms with Crippen molar-refractivity contribution < 1.29 is 27.4 Å². The third-order valence-electron chi connectivity index (χ3n) is 2.90. The minimum absolute atomic E-state index is 0.135. The number of ether oxygens (including phenoxy) is 1. The highest BCUT2D eigenvalue weighted by Gasteiger charge is 2.40. The summed E-state index contributed by atoms with van der Waals surface area (Å²) in [6.07, 6.45) is -5.84. The van der Waals surface area contributed by atoms with Crippen LogP contribution in [0.4, 0.5) is 18.9 Å². The summed E-state index contributed by atoms with van der Waals surface area (Å²) in [6.45, 7) is 0.192. The Morgan fingerprint density at radius 1 is 1.33 bits per heavy atom. The molecule has 2 aromatic rings. The first-order valence-electron chi connectivity index (χ1n) is 6.11. The zero-order chi connectivity index (χ0) is 15.5. The maximum absolute atomic E-state index is 12.7. The number of rotatable bonds is 5. The first-order valence-corrected chi connectivity index (χ1v) is 6.11. The molecule has 2 rings (SSSR count). The van der Waals surface area contributed by atoms with Crippen LogP contribution < -0.4 is 10.1 Å². The zero-order valence-corrected chi connectivity index (χ0v) is 11.1. The SMILES string of the molecule is COc1ccc(C(O)C(F)(F)F)c(NCc2ccco2)c1. The van der Waals surface area contributed by atoms with E-state index in [1.165, 1.54) is 31.6 Å². The summed E-state index contributed by atoms with van der Waals surface area (Å²) >= 11 is 0. The van der Waals surface area contributed by atoms with Crippen molar-refractivity contribution in [3.05, 3.63) is 47.9 Å². The summed E-state index contributed by atoms with van der Waals surface area (Å²) < 4.78 is 48.1. The van der Waals surface area contributed by atoms with Crippen LogP contribution in [0.3, 0.4) is 0 Å². The highest BCUT2D eigenvalue weighted by molar-refractivity contribution is 5.56. The van der Waals surface area contributed by atoms with Crippen molar-refractivity contribution in [1.29, 1.82) is 0 Å². The molecule has 114 valence electrons. The van der Waals surface area contributed by atoms with Gasteiger partial charge in [0.15, 0.2) is 6.10 Å². The Bertz CT molecular complexity index is 582. The van der Waals surface area contributed by atoms with Crippen molar-refractivity contribution in [2.24, 2.45) is 0 Å². The van der Waals surface area contributed by atoms with Gasteiger partial charge in [-0.3, -0.25) is 0 Å². The van der Waals surface area contributed by atoms with Crippen molar-refractivity contribution in [3.8, 4) is 5.75 Å². The highest BCUT2D eigenvalue weighted by Crippen LogP contribution is 2.37. The predicted molar refractivity (Wildman–Crippen MR) is 70.0 cm³/mol. The molecule has 0 aliphatic carbocycles. The van der Waals surface area contributed by atoms with Crippen molar-refractivity contribution in [3.63, 3.8) is 0 Å². The van der Waals surface area contributed by atoms with Crippen LogP contribution in [-0.2, 0) is 6.54 Å². The van der Waals surface area contributed by atoms with Gasteiger partial charge in [-0.1, -0.05) is 6.07 Å². The van der Waals surface area contributed by atoms with Gasteiger partial charge < -0.3 is 19.6 Å². The number of aliphatic hydroxyl groups is 1. The molecule has 0 amide bonds. The lowest BCUT2D eigenvalue weighted by Crippen LogP contribution is -2.21. The molecule has 21 heavy (non-hydrogen) atoms. The molecule has 1 atom stereocenters. The second kappa shape index (κ2) is 6.09. The van der Waals surface area contributed by atoms with Crippen molar-refractivity contribution in [1.82, 2.24) is 0 Å². The average molecular weight is 301 g/mol. The van der Waals surface area contributed by atoms with Crippen LogP contribution in [0.15, 0.2) is 41.0 Å². The molecule has 0 radical (unpaired) electrons. The number of furan rings is 1. The molecule has 0 aliphatic rings. The number of halogens is 3. The number of nitrogens with one attached hydrogen (secondary N) is 1. The van der Waals surface area contributed by atoms with E-state index in [0.29, 0.717) is 11.5 Å². The highest BCUT2D eigenvalue weighted by atomic mass is 19.4. The van der Waals surface area contributed by atoms with Gasteiger partial charge in [0.1, 0.15) is 11.5 Å². The van der Waals surface area contributed by atoms with E-state index in [-0.39, 0.29) is 17.8 Å². The fraction of sp³-hybridized carbons (Fsp3) is 0.286. The number of benzene rings is 1. The smallest absolute Gasteiger partial charge is 0.418 e. The molecule has 0 saturated heterocycles. The minimum Gasteiger partial charge on any atom is -0.497 e. The van der Waals surface area contributed by atoms with E-state index in [1.54, 1.807) is 12.1 Å². The Labute approximate surface area is 119 Å². The van der Waals surface area contributed by atoms with Gasteiger partial charge in [0.2, 0.25) is 0 Å². The molecule has 1 aromatic heterocycles. The van der Waals surface area contributed by atoms with Crippen molar-refractivity contribution in [2.45, 2.75) is 18.8 Å². The molecule has 2 N–H and O–H groups in total. The molecular formula is C14H14F3NO3. The summed E-state index contributed by atoms with van der Waals surface area (Å²) in [5.74, 6) is 0.945. The average Bonchev–Trinajstić information content (AvgIpc) is 2.96. The number of methoxy groups -OCH3 is 1. The Hall–Kier alpha value is -2.15. The summed E-state index contributed by atoms with van der Waals surface area (Å²) in [6, 6.07) is 7.30. The Balaban J connectivity index is 2.27. The summed E-state index contributed by atoms with van der Waals surface area (Å²) in [4.78, 5) is 0. The molecule has 1 heterocycles. The van der Waals surface area contributed by atoms with Gasteiger partial charge in [0.05, 0.1) is 19.9 Å². The number of alkyl halides is 3. The fourth-order valence-corrected chi connectivity index (χ4v) is 1.83. The first-order chi connectivity index (χ1) is 9.91. The van der Waals surface area contributed by atoms with E-state index in [9.17, 15) is 18.3 Å². The van der Waals surface area contributed by atoms with Crippen LogP contribution in [0.5, 0.6) is 5.75 Å². The van der Waals surface area contributed by atoms with Crippen LogP contribution in [0, 0.1) is 0 Å².